The quantitative estimate of drug-likeness (QED) is 0.561. The van der Waals surface area contributed by atoms with Crippen LogP contribution in [0.5, 0.6) is 17.2 Å². The first kappa shape index (κ1) is 23.4. The number of carbonyl (C=O) groups excluding carboxylic acids is 2. The van der Waals surface area contributed by atoms with Gasteiger partial charge in [0.05, 0.1) is 27.2 Å². The highest BCUT2D eigenvalue weighted by Crippen LogP contribution is 2.28. The highest BCUT2D eigenvalue weighted by molar-refractivity contribution is 5.80. The second-order valence-corrected chi connectivity index (χ2v) is 7.89. The molecule has 1 aliphatic rings. The van der Waals surface area contributed by atoms with Crippen LogP contribution in [0.25, 0.3) is 0 Å². The van der Waals surface area contributed by atoms with Gasteiger partial charge in [0.1, 0.15) is 5.75 Å². The maximum atomic E-state index is 12.7. The number of hydrogen-bond donors (Lipinski definition) is 0. The van der Waals surface area contributed by atoms with Crippen LogP contribution in [-0.2, 0) is 16.0 Å². The van der Waals surface area contributed by atoms with Crippen molar-refractivity contribution in [1.82, 2.24) is 9.80 Å². The molecule has 0 N–H and O–H groups in total. The van der Waals surface area contributed by atoms with Crippen molar-refractivity contribution >= 4 is 11.8 Å². The van der Waals surface area contributed by atoms with E-state index in [2.05, 4.69) is 0 Å². The molecule has 0 saturated carbocycles. The van der Waals surface area contributed by atoms with Gasteiger partial charge in [0.2, 0.25) is 11.8 Å². The molecule has 0 bridgehead atoms. The van der Waals surface area contributed by atoms with E-state index in [0.29, 0.717) is 63.5 Å². The molecule has 0 spiro atoms. The number of aryl methyl sites for hydroxylation is 1. The molecule has 7 nitrogen and oxygen atoms in total. The summed E-state index contributed by atoms with van der Waals surface area (Å²) in [6.45, 7) is 4.78. The lowest BCUT2D eigenvalue weighted by Gasteiger charge is -2.35. The van der Waals surface area contributed by atoms with E-state index in [4.69, 9.17) is 14.2 Å². The Hall–Kier alpha value is -3.22. The van der Waals surface area contributed by atoms with Gasteiger partial charge >= 0.3 is 0 Å². The van der Waals surface area contributed by atoms with Gasteiger partial charge in [0.15, 0.2) is 11.5 Å². The van der Waals surface area contributed by atoms with Crippen molar-refractivity contribution in [1.29, 1.82) is 0 Å². The van der Waals surface area contributed by atoms with Crippen LogP contribution >= 0.6 is 0 Å². The molecule has 3 rings (SSSR count). The second-order valence-electron chi connectivity index (χ2n) is 7.89. The minimum atomic E-state index is 0.0517. The number of piperazine rings is 1. The normalized spacial score (nSPS) is 13.6. The number of carbonyl (C=O) groups is 2. The van der Waals surface area contributed by atoms with E-state index in [1.54, 1.807) is 20.3 Å². The molecular weight excluding hydrogens is 408 g/mol. The van der Waals surface area contributed by atoms with Gasteiger partial charge in [-0.05, 0) is 43.2 Å². The number of nitrogens with zero attached hydrogens (tertiary/aromatic N) is 2. The standard InChI is InChI=1S/C25H32N2O5/c1-19-6-9-21(10-7-19)32-16-4-5-24(28)26-12-14-27(15-13-26)25(29)18-20-8-11-22(30-2)23(17-20)31-3/h6-11,17H,4-5,12-16,18H2,1-3H3. The molecule has 7 heteroatoms. The second kappa shape index (κ2) is 11.4. The third-order valence-corrected chi connectivity index (χ3v) is 5.61. The first-order valence-corrected chi connectivity index (χ1v) is 11.0. The summed E-state index contributed by atoms with van der Waals surface area (Å²) < 4.78 is 16.2. The van der Waals surface area contributed by atoms with Crippen molar-refractivity contribution < 1.29 is 23.8 Å². The van der Waals surface area contributed by atoms with Crippen molar-refractivity contribution in [3.8, 4) is 17.2 Å². The lowest BCUT2D eigenvalue weighted by atomic mass is 10.1. The Morgan fingerprint density at radius 1 is 0.844 bits per heavy atom. The number of methoxy groups -OCH3 is 2. The fourth-order valence-electron chi connectivity index (χ4n) is 3.69. The molecule has 32 heavy (non-hydrogen) atoms. The fraction of sp³-hybridized carbons (Fsp3) is 0.440. The van der Waals surface area contributed by atoms with Crippen LogP contribution in [0.2, 0.25) is 0 Å². The third-order valence-electron chi connectivity index (χ3n) is 5.61. The molecule has 0 unspecified atom stereocenters. The summed E-state index contributed by atoms with van der Waals surface area (Å²) in [7, 11) is 3.16. The van der Waals surface area contributed by atoms with E-state index >= 15 is 0 Å². The molecule has 0 radical (unpaired) electrons. The van der Waals surface area contributed by atoms with Crippen molar-refractivity contribution in [2.45, 2.75) is 26.2 Å². The third kappa shape index (κ3) is 6.39. The van der Waals surface area contributed by atoms with E-state index in [9.17, 15) is 9.59 Å². The molecule has 0 aliphatic carbocycles. The topological polar surface area (TPSA) is 68.3 Å². The van der Waals surface area contributed by atoms with Crippen molar-refractivity contribution in [2.24, 2.45) is 0 Å². The van der Waals surface area contributed by atoms with Crippen molar-refractivity contribution in [2.75, 3.05) is 47.0 Å². The maximum Gasteiger partial charge on any atom is 0.227 e. The summed E-state index contributed by atoms with van der Waals surface area (Å²) in [5, 5.41) is 0. The molecule has 0 aromatic heterocycles. The average Bonchev–Trinajstić information content (AvgIpc) is 2.82. The predicted octanol–water partition coefficient (Wildman–Crippen LogP) is 3.08. The van der Waals surface area contributed by atoms with Gasteiger partial charge in [0.25, 0.3) is 0 Å². The van der Waals surface area contributed by atoms with Gasteiger partial charge in [-0.1, -0.05) is 23.8 Å². The molecule has 1 saturated heterocycles. The largest absolute Gasteiger partial charge is 0.494 e. The smallest absolute Gasteiger partial charge is 0.227 e. The van der Waals surface area contributed by atoms with Gasteiger partial charge in [-0.3, -0.25) is 9.59 Å². The highest BCUT2D eigenvalue weighted by atomic mass is 16.5. The molecule has 1 heterocycles. The van der Waals surface area contributed by atoms with Crippen LogP contribution < -0.4 is 14.2 Å². The fourth-order valence-corrected chi connectivity index (χ4v) is 3.69. The first-order chi connectivity index (χ1) is 15.5. The van der Waals surface area contributed by atoms with Crippen molar-refractivity contribution in [3.63, 3.8) is 0 Å². The summed E-state index contributed by atoms with van der Waals surface area (Å²) in [6, 6.07) is 13.4. The summed E-state index contributed by atoms with van der Waals surface area (Å²) in [5.41, 5.74) is 2.06. The molecule has 2 aromatic carbocycles. The lowest BCUT2D eigenvalue weighted by Crippen LogP contribution is -2.51. The van der Waals surface area contributed by atoms with Gasteiger partial charge in [-0.25, -0.2) is 0 Å². The average molecular weight is 441 g/mol. The highest BCUT2D eigenvalue weighted by Gasteiger charge is 2.24. The van der Waals surface area contributed by atoms with Crippen molar-refractivity contribution in [3.05, 3.63) is 53.6 Å². The Kier molecular flexibility index (Phi) is 8.36. The van der Waals surface area contributed by atoms with Gasteiger partial charge in [-0.15, -0.1) is 0 Å². The van der Waals surface area contributed by atoms with Crippen LogP contribution in [0.1, 0.15) is 24.0 Å². The Morgan fingerprint density at radius 2 is 1.47 bits per heavy atom. The van der Waals surface area contributed by atoms with E-state index < -0.39 is 0 Å². The zero-order valence-electron chi connectivity index (χ0n) is 19.1. The number of rotatable bonds is 9. The van der Waals surface area contributed by atoms with Crippen LogP contribution in [-0.4, -0.2) is 68.6 Å². The Balaban J connectivity index is 1.38. The summed E-state index contributed by atoms with van der Waals surface area (Å²) >= 11 is 0. The number of benzene rings is 2. The lowest BCUT2D eigenvalue weighted by molar-refractivity contribution is -0.139. The summed E-state index contributed by atoms with van der Waals surface area (Å²) in [5.74, 6) is 2.24. The number of ether oxygens (including phenoxy) is 3. The van der Waals surface area contributed by atoms with Gasteiger partial charge < -0.3 is 24.0 Å². The molecule has 0 atom stereocenters. The number of hydrogen-bond acceptors (Lipinski definition) is 5. The maximum absolute atomic E-state index is 12.7. The molecule has 1 fully saturated rings. The predicted molar refractivity (Wildman–Crippen MR) is 122 cm³/mol. The van der Waals surface area contributed by atoms with Crippen LogP contribution in [0.3, 0.4) is 0 Å². The SMILES string of the molecule is COc1ccc(CC(=O)N2CCN(C(=O)CCCOc3ccc(C)cc3)CC2)cc1OC. The minimum absolute atomic E-state index is 0.0517. The van der Waals surface area contributed by atoms with E-state index in [-0.39, 0.29) is 11.8 Å². The molecule has 172 valence electrons. The van der Waals surface area contributed by atoms with Crippen LogP contribution in [0.4, 0.5) is 0 Å². The van der Waals surface area contributed by atoms with Gasteiger partial charge in [-0.2, -0.15) is 0 Å². The van der Waals surface area contributed by atoms with Crippen LogP contribution in [0, 0.1) is 6.92 Å². The number of amides is 2. The van der Waals surface area contributed by atoms with E-state index in [1.165, 1.54) is 5.56 Å². The Bertz CT molecular complexity index is 905. The van der Waals surface area contributed by atoms with E-state index in [0.717, 1.165) is 11.3 Å². The molecular formula is C25H32N2O5. The Morgan fingerprint density at radius 3 is 2.09 bits per heavy atom. The Labute approximate surface area is 189 Å². The summed E-state index contributed by atoms with van der Waals surface area (Å²) in [4.78, 5) is 28.9. The zero-order valence-corrected chi connectivity index (χ0v) is 19.1. The first-order valence-electron chi connectivity index (χ1n) is 11.0. The van der Waals surface area contributed by atoms with E-state index in [1.807, 2.05) is 53.1 Å². The monoisotopic (exact) mass is 440 g/mol. The molecule has 1 aliphatic heterocycles. The molecule has 2 amide bonds. The summed E-state index contributed by atoms with van der Waals surface area (Å²) in [6.07, 6.45) is 1.42. The van der Waals surface area contributed by atoms with Crippen LogP contribution in [0.15, 0.2) is 42.5 Å². The van der Waals surface area contributed by atoms with Gasteiger partial charge in [0, 0.05) is 32.6 Å². The minimum Gasteiger partial charge on any atom is -0.494 e. The molecule has 2 aromatic rings. The zero-order chi connectivity index (χ0) is 22.9.